The molecule has 0 radical (unpaired) electrons. The number of anilines is 3. The van der Waals surface area contributed by atoms with Crippen molar-refractivity contribution in [3.63, 3.8) is 0 Å². The summed E-state index contributed by atoms with van der Waals surface area (Å²) in [7, 11) is 3.08. The van der Waals surface area contributed by atoms with Crippen LogP contribution in [0.1, 0.15) is 27.4 Å². The summed E-state index contributed by atoms with van der Waals surface area (Å²) in [5, 5.41) is 18.6. The average Bonchev–Trinajstić information content (AvgIpc) is 3.54. The van der Waals surface area contributed by atoms with E-state index < -0.39 is 30.5 Å². The molecule has 34 heavy (non-hydrogen) atoms. The number of benzene rings is 1. The maximum absolute atomic E-state index is 13.5. The molecule has 1 amide bonds. The standard InChI is InChI=1S/C21H21F3N8O2/c1-25-20(33)16-14(9-15(29-30-16)28-18(11-7-8-11)21(22,23)24)27-13-6-4-5-12(17(13)34-3)19-26-10-32(2)31-19/h4-6,9-10H,7-8H2,1-3H3,(H,25,33)(H2,27,28,29)/i1D3. The zero-order valence-electron chi connectivity index (χ0n) is 21.0. The number of aromatic nitrogens is 5. The predicted octanol–water partition coefficient (Wildman–Crippen LogP) is 3.41. The number of carbonyl (C=O) groups excluding carboxylic acids is 1. The largest absolute Gasteiger partial charge is 0.494 e. The lowest BCUT2D eigenvalue weighted by Crippen LogP contribution is -2.23. The van der Waals surface area contributed by atoms with E-state index in [-0.39, 0.29) is 28.5 Å². The van der Waals surface area contributed by atoms with E-state index >= 15 is 0 Å². The minimum atomic E-state index is -4.65. The Morgan fingerprint density at radius 2 is 2.03 bits per heavy atom. The van der Waals surface area contributed by atoms with Gasteiger partial charge in [0.2, 0.25) is 0 Å². The van der Waals surface area contributed by atoms with Gasteiger partial charge in [-0.05, 0) is 30.5 Å². The number of amides is 1. The number of para-hydroxylation sites is 1. The number of hydrogen-bond donors (Lipinski definition) is 3. The highest BCUT2D eigenvalue weighted by Crippen LogP contribution is 2.40. The van der Waals surface area contributed by atoms with Gasteiger partial charge in [-0.2, -0.15) is 18.3 Å². The predicted molar refractivity (Wildman–Crippen MR) is 118 cm³/mol. The third-order valence-corrected chi connectivity index (χ3v) is 4.84. The molecule has 13 heteroatoms. The number of halogens is 3. The van der Waals surface area contributed by atoms with Crippen molar-refractivity contribution < 1.29 is 26.8 Å². The summed E-state index contributed by atoms with van der Waals surface area (Å²) in [6.07, 6.45) is -2.56. The number of hydrogen-bond acceptors (Lipinski definition) is 8. The summed E-state index contributed by atoms with van der Waals surface area (Å²) < 4.78 is 69.4. The molecule has 2 aromatic heterocycles. The Morgan fingerprint density at radius 1 is 1.24 bits per heavy atom. The van der Waals surface area contributed by atoms with Crippen LogP contribution in [0.2, 0.25) is 0 Å². The van der Waals surface area contributed by atoms with Gasteiger partial charge < -0.3 is 20.7 Å². The second-order valence-electron chi connectivity index (χ2n) is 7.30. The minimum Gasteiger partial charge on any atom is -0.494 e. The number of nitrogens with zero attached hydrogens (tertiary/aromatic N) is 5. The third kappa shape index (κ3) is 4.77. The van der Waals surface area contributed by atoms with E-state index in [1.165, 1.54) is 18.1 Å². The molecule has 0 bridgehead atoms. The number of nitrogens with one attached hydrogen (secondary N) is 3. The number of alkyl halides is 3. The molecule has 4 rings (SSSR count). The maximum Gasteiger partial charge on any atom is 0.431 e. The van der Waals surface area contributed by atoms with Gasteiger partial charge in [-0.15, -0.1) is 10.2 Å². The second kappa shape index (κ2) is 9.00. The molecule has 1 aliphatic rings. The Hall–Kier alpha value is -4.16. The van der Waals surface area contributed by atoms with Crippen LogP contribution in [0.15, 0.2) is 41.9 Å². The van der Waals surface area contributed by atoms with Crippen LogP contribution >= 0.6 is 0 Å². The first-order valence-electron chi connectivity index (χ1n) is 11.4. The SMILES string of the molecule is [2H]C([2H])([2H])NC(=O)c1nnc(NC(=C2CC2)C(F)(F)F)cc1Nc1cccc(-c2ncn(C)n2)c1OC. The van der Waals surface area contributed by atoms with Gasteiger partial charge in [0, 0.05) is 24.2 Å². The van der Waals surface area contributed by atoms with Crippen LogP contribution in [0.3, 0.4) is 0 Å². The molecule has 0 unspecified atom stereocenters. The van der Waals surface area contributed by atoms with Crippen LogP contribution in [0, 0.1) is 0 Å². The van der Waals surface area contributed by atoms with Gasteiger partial charge in [-0.25, -0.2) is 4.98 Å². The van der Waals surface area contributed by atoms with Crippen LogP contribution in [0.4, 0.5) is 30.4 Å². The first kappa shape index (κ1) is 19.3. The summed E-state index contributed by atoms with van der Waals surface area (Å²) in [6, 6.07) is 6.04. The zero-order chi connectivity index (χ0) is 27.0. The first-order chi connectivity index (χ1) is 17.4. The molecule has 1 saturated carbocycles. The highest BCUT2D eigenvalue weighted by atomic mass is 19.4. The number of rotatable bonds is 7. The topological polar surface area (TPSA) is 119 Å². The lowest BCUT2D eigenvalue weighted by molar-refractivity contribution is -0.0906. The van der Waals surface area contributed by atoms with E-state index in [2.05, 4.69) is 30.9 Å². The van der Waals surface area contributed by atoms with E-state index in [9.17, 15) is 18.0 Å². The van der Waals surface area contributed by atoms with Crippen molar-refractivity contribution in [1.29, 1.82) is 0 Å². The first-order valence-corrected chi connectivity index (χ1v) is 9.92. The van der Waals surface area contributed by atoms with Crippen LogP contribution in [0.25, 0.3) is 11.4 Å². The van der Waals surface area contributed by atoms with Gasteiger partial charge in [0.05, 0.1) is 24.0 Å². The molecule has 0 saturated heterocycles. The monoisotopic (exact) mass is 477 g/mol. The van der Waals surface area contributed by atoms with Crippen molar-refractivity contribution in [2.75, 3.05) is 24.7 Å². The molecular formula is C21H21F3N8O2. The summed E-state index contributed by atoms with van der Waals surface area (Å²) >= 11 is 0. The number of ether oxygens (including phenoxy) is 1. The maximum atomic E-state index is 13.5. The highest BCUT2D eigenvalue weighted by molar-refractivity contribution is 5.98. The van der Waals surface area contributed by atoms with Gasteiger partial charge in [0.1, 0.15) is 12.0 Å². The lowest BCUT2D eigenvalue weighted by atomic mass is 10.1. The lowest BCUT2D eigenvalue weighted by Gasteiger charge is -2.17. The van der Waals surface area contributed by atoms with E-state index in [1.54, 1.807) is 30.6 Å². The zero-order valence-corrected chi connectivity index (χ0v) is 18.0. The van der Waals surface area contributed by atoms with E-state index in [0.717, 1.165) is 6.07 Å². The third-order valence-electron chi connectivity index (χ3n) is 4.84. The molecule has 1 fully saturated rings. The van der Waals surface area contributed by atoms with Crippen molar-refractivity contribution in [3.8, 4) is 17.1 Å². The van der Waals surface area contributed by atoms with Crippen LogP contribution in [-0.2, 0) is 7.05 Å². The van der Waals surface area contributed by atoms with E-state index in [0.29, 0.717) is 24.2 Å². The summed E-state index contributed by atoms with van der Waals surface area (Å²) in [4.78, 5) is 16.8. The summed E-state index contributed by atoms with van der Waals surface area (Å²) in [5.74, 6) is -0.816. The minimum absolute atomic E-state index is 0.119. The van der Waals surface area contributed by atoms with Crippen molar-refractivity contribution in [3.05, 3.63) is 47.6 Å². The number of aryl methyl sites for hydroxylation is 1. The molecule has 1 aliphatic carbocycles. The molecule has 3 aromatic rings. The highest BCUT2D eigenvalue weighted by Gasteiger charge is 2.39. The Morgan fingerprint density at radius 3 is 2.65 bits per heavy atom. The Balaban J connectivity index is 1.76. The summed E-state index contributed by atoms with van der Waals surface area (Å²) in [5.41, 5.74) is -0.576. The summed E-state index contributed by atoms with van der Waals surface area (Å²) in [6.45, 7) is -2.84. The van der Waals surface area contributed by atoms with Crippen LogP contribution in [0.5, 0.6) is 5.75 Å². The molecular weight excluding hydrogens is 453 g/mol. The number of allylic oxidation sites excluding steroid dienone is 2. The van der Waals surface area contributed by atoms with Crippen LogP contribution < -0.4 is 20.7 Å². The van der Waals surface area contributed by atoms with Gasteiger partial charge in [-0.3, -0.25) is 9.48 Å². The quantitative estimate of drug-likeness (QED) is 0.474. The number of carbonyl (C=O) groups is 1. The number of methoxy groups -OCH3 is 1. The van der Waals surface area contributed by atoms with Gasteiger partial charge in [-0.1, -0.05) is 6.07 Å². The fraction of sp³-hybridized carbons (Fsp3) is 0.286. The molecule has 1 aromatic carbocycles. The molecule has 0 atom stereocenters. The van der Waals surface area contributed by atoms with Crippen LogP contribution in [-0.4, -0.2) is 51.1 Å². The molecule has 2 heterocycles. The van der Waals surface area contributed by atoms with E-state index in [4.69, 9.17) is 8.85 Å². The molecule has 178 valence electrons. The fourth-order valence-corrected chi connectivity index (χ4v) is 3.21. The van der Waals surface area contributed by atoms with E-state index in [1.807, 2.05) is 0 Å². The molecule has 0 aliphatic heterocycles. The van der Waals surface area contributed by atoms with Crippen molar-refractivity contribution >= 4 is 23.1 Å². The van der Waals surface area contributed by atoms with Gasteiger partial charge in [0.25, 0.3) is 5.91 Å². The Kier molecular flexibility index (Phi) is 5.11. The molecule has 3 N–H and O–H groups in total. The van der Waals surface area contributed by atoms with Crippen molar-refractivity contribution in [2.24, 2.45) is 7.05 Å². The Labute approximate surface area is 196 Å². The Bertz CT molecular complexity index is 1370. The van der Waals surface area contributed by atoms with Gasteiger partial charge >= 0.3 is 6.18 Å². The van der Waals surface area contributed by atoms with Crippen molar-refractivity contribution in [1.82, 2.24) is 30.3 Å². The second-order valence-corrected chi connectivity index (χ2v) is 7.30. The smallest absolute Gasteiger partial charge is 0.431 e. The normalized spacial score (nSPS) is 14.5. The van der Waals surface area contributed by atoms with Crippen molar-refractivity contribution in [2.45, 2.75) is 19.0 Å². The fourth-order valence-electron chi connectivity index (χ4n) is 3.21. The molecule has 10 nitrogen and oxygen atoms in total. The molecule has 0 spiro atoms. The average molecular weight is 477 g/mol. The van der Waals surface area contributed by atoms with Gasteiger partial charge in [0.15, 0.2) is 23.1 Å².